The maximum absolute atomic E-state index is 13.7. The molecule has 5 heteroatoms. The third kappa shape index (κ3) is 3.81. The largest absolute Gasteiger partial charge is 0.308 e. The van der Waals surface area contributed by atoms with Gasteiger partial charge in [0, 0.05) is 6.20 Å². The summed E-state index contributed by atoms with van der Waals surface area (Å²) in [6.45, 7) is 2.83. The molecule has 2 rings (SSSR count). The summed E-state index contributed by atoms with van der Waals surface area (Å²) in [4.78, 5) is 8.06. The third-order valence-corrected chi connectivity index (χ3v) is 3.03. The van der Waals surface area contributed by atoms with E-state index in [0.717, 1.165) is 30.8 Å². The van der Waals surface area contributed by atoms with Crippen molar-refractivity contribution in [2.24, 2.45) is 0 Å². The molecule has 0 aliphatic heterocycles. The lowest BCUT2D eigenvalue weighted by molar-refractivity contribution is 0.499. The predicted octanol–water partition coefficient (Wildman–Crippen LogP) is 3.04. The average molecular weight is 277 g/mol. The quantitative estimate of drug-likeness (QED) is 0.882. The van der Waals surface area contributed by atoms with Crippen molar-refractivity contribution in [1.29, 1.82) is 0 Å². The van der Waals surface area contributed by atoms with Gasteiger partial charge in [-0.3, -0.25) is 0 Å². The molecule has 0 saturated heterocycles. The number of benzene rings is 1. The van der Waals surface area contributed by atoms with Gasteiger partial charge in [0.05, 0.1) is 11.7 Å². The lowest BCUT2D eigenvalue weighted by atomic mass is 10.0. The molecular formula is C15H17F2N3. The molecule has 1 atom stereocenters. The Morgan fingerprint density at radius 3 is 2.80 bits per heavy atom. The van der Waals surface area contributed by atoms with Gasteiger partial charge in [-0.2, -0.15) is 0 Å². The Labute approximate surface area is 117 Å². The molecular weight excluding hydrogens is 260 g/mol. The first-order valence-corrected chi connectivity index (χ1v) is 6.64. The van der Waals surface area contributed by atoms with Crippen molar-refractivity contribution in [3.8, 4) is 0 Å². The van der Waals surface area contributed by atoms with Crippen molar-refractivity contribution in [3.63, 3.8) is 0 Å². The van der Waals surface area contributed by atoms with Crippen LogP contribution in [0.15, 0.2) is 36.8 Å². The summed E-state index contributed by atoms with van der Waals surface area (Å²) in [5.74, 6) is -0.831. The van der Waals surface area contributed by atoms with Crippen LogP contribution in [-0.2, 0) is 6.42 Å². The third-order valence-electron chi connectivity index (χ3n) is 3.03. The van der Waals surface area contributed by atoms with Gasteiger partial charge in [0.25, 0.3) is 0 Å². The van der Waals surface area contributed by atoms with Gasteiger partial charge in [-0.1, -0.05) is 6.92 Å². The minimum atomic E-state index is -0.432. The zero-order valence-electron chi connectivity index (χ0n) is 11.3. The van der Waals surface area contributed by atoms with E-state index in [4.69, 9.17) is 0 Å². The monoisotopic (exact) mass is 277 g/mol. The number of hydrogen-bond donors (Lipinski definition) is 1. The number of hydrogen-bond acceptors (Lipinski definition) is 3. The van der Waals surface area contributed by atoms with Gasteiger partial charge >= 0.3 is 0 Å². The van der Waals surface area contributed by atoms with Crippen molar-refractivity contribution >= 4 is 0 Å². The van der Waals surface area contributed by atoms with Crippen LogP contribution in [0.3, 0.4) is 0 Å². The summed E-state index contributed by atoms with van der Waals surface area (Å²) in [7, 11) is 0. The maximum Gasteiger partial charge on any atom is 0.126 e. The van der Waals surface area contributed by atoms with Crippen LogP contribution in [0, 0.1) is 11.6 Å². The molecule has 0 amide bonds. The van der Waals surface area contributed by atoms with Crippen LogP contribution in [-0.4, -0.2) is 16.5 Å². The lowest BCUT2D eigenvalue weighted by Crippen LogP contribution is -2.25. The smallest absolute Gasteiger partial charge is 0.126 e. The number of aromatic nitrogens is 2. The molecule has 0 spiro atoms. The van der Waals surface area contributed by atoms with Gasteiger partial charge in [0.2, 0.25) is 0 Å². The molecule has 2 aromatic rings. The van der Waals surface area contributed by atoms with Crippen LogP contribution >= 0.6 is 0 Å². The molecule has 1 N–H and O–H groups in total. The SMILES string of the molecule is CCCNC(Cc1cc(F)ccc1F)c1ccncn1. The van der Waals surface area contributed by atoms with E-state index >= 15 is 0 Å². The second-order valence-corrected chi connectivity index (χ2v) is 4.58. The molecule has 0 radical (unpaired) electrons. The second-order valence-electron chi connectivity index (χ2n) is 4.58. The topological polar surface area (TPSA) is 37.8 Å². The minimum absolute atomic E-state index is 0.158. The van der Waals surface area contributed by atoms with E-state index in [0.29, 0.717) is 12.0 Å². The Morgan fingerprint density at radius 2 is 2.10 bits per heavy atom. The number of halogens is 2. The average Bonchev–Trinajstić information content (AvgIpc) is 2.48. The van der Waals surface area contributed by atoms with Crippen LogP contribution in [0.25, 0.3) is 0 Å². The van der Waals surface area contributed by atoms with E-state index in [1.54, 1.807) is 12.3 Å². The van der Waals surface area contributed by atoms with Gasteiger partial charge in [-0.05, 0) is 49.2 Å². The highest BCUT2D eigenvalue weighted by Crippen LogP contribution is 2.19. The first-order valence-electron chi connectivity index (χ1n) is 6.64. The molecule has 0 bridgehead atoms. The van der Waals surface area contributed by atoms with Crippen molar-refractivity contribution in [3.05, 3.63) is 59.7 Å². The molecule has 0 aliphatic carbocycles. The summed E-state index contributed by atoms with van der Waals surface area (Å²) >= 11 is 0. The maximum atomic E-state index is 13.7. The van der Waals surface area contributed by atoms with E-state index in [1.165, 1.54) is 12.4 Å². The van der Waals surface area contributed by atoms with Gasteiger partial charge < -0.3 is 5.32 Å². The highest BCUT2D eigenvalue weighted by Gasteiger charge is 2.15. The zero-order valence-corrected chi connectivity index (χ0v) is 11.3. The molecule has 1 aromatic carbocycles. The van der Waals surface area contributed by atoms with Gasteiger partial charge in [-0.25, -0.2) is 18.7 Å². The number of nitrogens with one attached hydrogen (secondary N) is 1. The Morgan fingerprint density at radius 1 is 1.25 bits per heavy atom. The zero-order chi connectivity index (χ0) is 14.4. The summed E-state index contributed by atoms with van der Waals surface area (Å²) in [6, 6.07) is 5.13. The molecule has 1 aromatic heterocycles. The van der Waals surface area contributed by atoms with E-state index in [9.17, 15) is 8.78 Å². The lowest BCUT2D eigenvalue weighted by Gasteiger charge is -2.18. The van der Waals surface area contributed by atoms with Crippen LogP contribution in [0.5, 0.6) is 0 Å². The molecule has 1 heterocycles. The Kier molecular flexibility index (Phi) is 5.12. The summed E-state index contributed by atoms with van der Waals surface area (Å²) in [5, 5.41) is 3.30. The van der Waals surface area contributed by atoms with Gasteiger partial charge in [0.1, 0.15) is 18.0 Å². The van der Waals surface area contributed by atoms with Crippen molar-refractivity contribution in [1.82, 2.24) is 15.3 Å². The highest BCUT2D eigenvalue weighted by atomic mass is 19.1. The minimum Gasteiger partial charge on any atom is -0.308 e. The van der Waals surface area contributed by atoms with E-state index in [-0.39, 0.29) is 6.04 Å². The Bertz CT molecular complexity index is 546. The summed E-state index contributed by atoms with van der Waals surface area (Å²) < 4.78 is 27.0. The van der Waals surface area contributed by atoms with Crippen molar-refractivity contribution < 1.29 is 8.78 Å². The summed E-state index contributed by atoms with van der Waals surface area (Å²) in [5.41, 5.74) is 1.12. The Balaban J connectivity index is 2.21. The van der Waals surface area contributed by atoms with Crippen LogP contribution < -0.4 is 5.32 Å². The van der Waals surface area contributed by atoms with E-state index in [1.807, 2.05) is 6.92 Å². The molecule has 0 aliphatic rings. The first kappa shape index (κ1) is 14.5. The number of rotatable bonds is 6. The molecule has 3 nitrogen and oxygen atoms in total. The van der Waals surface area contributed by atoms with Gasteiger partial charge in [0.15, 0.2) is 0 Å². The normalized spacial score (nSPS) is 12.3. The highest BCUT2D eigenvalue weighted by molar-refractivity contribution is 5.21. The van der Waals surface area contributed by atoms with Crippen LogP contribution in [0.1, 0.15) is 30.6 Å². The van der Waals surface area contributed by atoms with Crippen molar-refractivity contribution in [2.75, 3.05) is 6.54 Å². The fraction of sp³-hybridized carbons (Fsp3) is 0.333. The molecule has 106 valence electrons. The van der Waals surface area contributed by atoms with Gasteiger partial charge in [-0.15, -0.1) is 0 Å². The summed E-state index contributed by atoms with van der Waals surface area (Å²) in [6.07, 6.45) is 4.40. The molecule has 1 unspecified atom stereocenters. The molecule has 20 heavy (non-hydrogen) atoms. The van der Waals surface area contributed by atoms with Crippen LogP contribution in [0.2, 0.25) is 0 Å². The fourth-order valence-corrected chi connectivity index (χ4v) is 2.03. The second kappa shape index (κ2) is 7.05. The molecule has 0 saturated carbocycles. The number of nitrogens with zero attached hydrogens (tertiary/aromatic N) is 2. The predicted molar refractivity (Wildman–Crippen MR) is 73.1 cm³/mol. The molecule has 0 fully saturated rings. The van der Waals surface area contributed by atoms with E-state index < -0.39 is 11.6 Å². The first-order chi connectivity index (χ1) is 9.70. The Hall–Kier alpha value is -1.88. The fourth-order valence-electron chi connectivity index (χ4n) is 2.03. The van der Waals surface area contributed by atoms with Crippen molar-refractivity contribution in [2.45, 2.75) is 25.8 Å². The standard InChI is InChI=1S/C15H17F2N3/c1-2-6-19-15(14-5-7-18-10-20-14)9-11-8-12(16)3-4-13(11)17/h3-5,7-8,10,15,19H,2,6,9H2,1H3. The van der Waals surface area contributed by atoms with E-state index in [2.05, 4.69) is 15.3 Å². The van der Waals surface area contributed by atoms with Crippen LogP contribution in [0.4, 0.5) is 8.78 Å².